The molecule has 6 rings (SSSR count). The molecular formula is C27H20O2. The summed E-state index contributed by atoms with van der Waals surface area (Å²) in [5.74, 6) is 1.53. The monoisotopic (exact) mass is 376 g/mol. The fourth-order valence-electron chi connectivity index (χ4n) is 5.42. The van der Waals surface area contributed by atoms with Crippen LogP contribution >= 0.6 is 0 Å². The van der Waals surface area contributed by atoms with Crippen molar-refractivity contribution in [2.75, 3.05) is 14.2 Å². The van der Waals surface area contributed by atoms with Crippen molar-refractivity contribution < 1.29 is 9.47 Å². The average molecular weight is 376 g/mol. The van der Waals surface area contributed by atoms with Crippen LogP contribution in [0.1, 0.15) is 22.3 Å². The maximum absolute atomic E-state index is 5.71. The van der Waals surface area contributed by atoms with Crippen LogP contribution in [0.3, 0.4) is 0 Å². The number of hydrogen-bond acceptors (Lipinski definition) is 2. The molecule has 0 fully saturated rings. The van der Waals surface area contributed by atoms with Crippen LogP contribution in [0.4, 0.5) is 0 Å². The number of ether oxygens (including phenoxy) is 2. The number of methoxy groups -OCH3 is 2. The summed E-state index contributed by atoms with van der Waals surface area (Å²) in [5, 5.41) is 0. The molecule has 0 atom stereocenters. The van der Waals surface area contributed by atoms with Crippen LogP contribution in [0.15, 0.2) is 84.9 Å². The van der Waals surface area contributed by atoms with E-state index in [4.69, 9.17) is 9.47 Å². The molecule has 0 amide bonds. The summed E-state index contributed by atoms with van der Waals surface area (Å²) in [6.45, 7) is 0. The molecule has 0 N–H and O–H groups in total. The second-order valence-corrected chi connectivity index (χ2v) is 7.64. The summed E-state index contributed by atoms with van der Waals surface area (Å²) in [7, 11) is 3.40. The van der Waals surface area contributed by atoms with Gasteiger partial charge in [-0.1, -0.05) is 72.8 Å². The summed E-state index contributed by atoms with van der Waals surface area (Å²) in [4.78, 5) is 0. The van der Waals surface area contributed by atoms with Gasteiger partial charge in [0.25, 0.3) is 0 Å². The quantitative estimate of drug-likeness (QED) is 0.366. The lowest BCUT2D eigenvalue weighted by Gasteiger charge is -2.30. The fourth-order valence-corrected chi connectivity index (χ4v) is 5.42. The fraction of sp³-hybridized carbons (Fsp3) is 0.111. The van der Waals surface area contributed by atoms with Gasteiger partial charge in [0.2, 0.25) is 0 Å². The van der Waals surface area contributed by atoms with Crippen molar-refractivity contribution in [1.82, 2.24) is 0 Å². The van der Waals surface area contributed by atoms with E-state index in [0.29, 0.717) is 0 Å². The van der Waals surface area contributed by atoms with Crippen molar-refractivity contribution in [2.45, 2.75) is 5.41 Å². The van der Waals surface area contributed by atoms with E-state index < -0.39 is 0 Å². The Morgan fingerprint density at radius 2 is 0.897 bits per heavy atom. The Labute approximate surface area is 170 Å². The van der Waals surface area contributed by atoms with E-state index in [1.165, 1.54) is 44.5 Å². The zero-order chi connectivity index (χ0) is 19.6. The van der Waals surface area contributed by atoms with Crippen LogP contribution in [0.5, 0.6) is 11.5 Å². The Balaban J connectivity index is 1.83. The van der Waals surface area contributed by atoms with Gasteiger partial charge in [0.15, 0.2) is 11.5 Å². The molecule has 1 spiro atoms. The topological polar surface area (TPSA) is 18.5 Å². The number of fused-ring (bicyclic) bond motifs is 10. The minimum atomic E-state index is -0.335. The average Bonchev–Trinajstić information content (AvgIpc) is 3.25. The van der Waals surface area contributed by atoms with Gasteiger partial charge in [-0.15, -0.1) is 0 Å². The molecule has 0 heterocycles. The van der Waals surface area contributed by atoms with Gasteiger partial charge < -0.3 is 9.47 Å². The van der Waals surface area contributed by atoms with Gasteiger partial charge in [0.05, 0.1) is 19.6 Å². The molecule has 2 aliphatic rings. The Hall–Kier alpha value is -3.52. The van der Waals surface area contributed by atoms with Crippen LogP contribution in [0, 0.1) is 0 Å². The molecule has 4 aromatic rings. The molecule has 0 aromatic heterocycles. The maximum Gasteiger partial charge on any atom is 0.161 e. The van der Waals surface area contributed by atoms with E-state index >= 15 is 0 Å². The third-order valence-electron chi connectivity index (χ3n) is 6.50. The smallest absolute Gasteiger partial charge is 0.161 e. The zero-order valence-corrected chi connectivity index (χ0v) is 16.4. The van der Waals surface area contributed by atoms with E-state index in [1.807, 2.05) is 0 Å². The van der Waals surface area contributed by atoms with Gasteiger partial charge in [-0.3, -0.25) is 0 Å². The van der Waals surface area contributed by atoms with Gasteiger partial charge in [-0.05, 0) is 56.6 Å². The van der Waals surface area contributed by atoms with Crippen molar-refractivity contribution in [1.29, 1.82) is 0 Å². The second kappa shape index (κ2) is 5.74. The summed E-state index contributed by atoms with van der Waals surface area (Å²) in [6.07, 6.45) is 0. The van der Waals surface area contributed by atoms with E-state index in [-0.39, 0.29) is 5.41 Å². The van der Waals surface area contributed by atoms with Gasteiger partial charge in [-0.25, -0.2) is 0 Å². The van der Waals surface area contributed by atoms with Crippen molar-refractivity contribution in [3.63, 3.8) is 0 Å². The van der Waals surface area contributed by atoms with Gasteiger partial charge in [-0.2, -0.15) is 0 Å². The van der Waals surface area contributed by atoms with Crippen LogP contribution < -0.4 is 9.47 Å². The highest BCUT2D eigenvalue weighted by Crippen LogP contribution is 2.63. The van der Waals surface area contributed by atoms with Crippen LogP contribution in [-0.4, -0.2) is 14.2 Å². The predicted octanol–water partition coefficient (Wildman–Crippen LogP) is 6.05. The lowest BCUT2D eigenvalue weighted by atomic mass is 9.70. The van der Waals surface area contributed by atoms with Gasteiger partial charge >= 0.3 is 0 Å². The minimum Gasteiger partial charge on any atom is -0.493 e. The molecule has 29 heavy (non-hydrogen) atoms. The second-order valence-electron chi connectivity index (χ2n) is 7.64. The van der Waals surface area contributed by atoms with E-state index in [2.05, 4.69) is 84.9 Å². The third-order valence-corrected chi connectivity index (χ3v) is 6.50. The third kappa shape index (κ3) is 1.86. The number of rotatable bonds is 2. The summed E-state index contributed by atoms with van der Waals surface area (Å²) in [5.41, 5.74) is 10.00. The molecule has 0 saturated carbocycles. The highest BCUT2D eigenvalue weighted by atomic mass is 16.5. The molecule has 0 unspecified atom stereocenters. The van der Waals surface area contributed by atoms with Gasteiger partial charge in [0.1, 0.15) is 0 Å². The standard InChI is InChI=1S/C27H20O2/c1-28-25-15-20-19-11-5-8-14-23(19)27(24(20)16-26(25)29-2)21-12-6-3-9-17(21)18-10-4-7-13-22(18)27/h3-16H,1-2H3. The lowest BCUT2D eigenvalue weighted by molar-refractivity contribution is 0.354. The van der Waals surface area contributed by atoms with Crippen molar-refractivity contribution >= 4 is 0 Å². The first kappa shape index (κ1) is 16.4. The molecule has 2 aliphatic carbocycles. The summed E-state index contributed by atoms with van der Waals surface area (Å²) in [6, 6.07) is 30.6. The van der Waals surface area contributed by atoms with Crippen molar-refractivity contribution in [3.8, 4) is 33.8 Å². The number of benzene rings is 4. The Morgan fingerprint density at radius 3 is 1.38 bits per heavy atom. The van der Waals surface area contributed by atoms with Crippen LogP contribution in [0.25, 0.3) is 22.3 Å². The SMILES string of the molecule is COc1cc2c(cc1OC)C1(c3ccccc3-c3ccccc31)c1ccccc1-2. The summed E-state index contributed by atoms with van der Waals surface area (Å²) < 4.78 is 11.4. The van der Waals surface area contributed by atoms with E-state index in [1.54, 1.807) is 14.2 Å². The molecule has 0 bridgehead atoms. The summed E-state index contributed by atoms with van der Waals surface area (Å²) >= 11 is 0. The maximum atomic E-state index is 5.71. The number of hydrogen-bond donors (Lipinski definition) is 0. The molecule has 0 radical (unpaired) electrons. The Morgan fingerprint density at radius 1 is 0.483 bits per heavy atom. The molecule has 140 valence electrons. The first-order chi connectivity index (χ1) is 14.3. The Kier molecular flexibility index (Phi) is 3.25. The molecule has 2 nitrogen and oxygen atoms in total. The highest BCUT2D eigenvalue weighted by Gasteiger charge is 2.51. The zero-order valence-electron chi connectivity index (χ0n) is 16.4. The van der Waals surface area contributed by atoms with E-state index in [9.17, 15) is 0 Å². The molecular weight excluding hydrogens is 356 g/mol. The Bertz CT molecular complexity index is 1240. The predicted molar refractivity (Wildman–Crippen MR) is 116 cm³/mol. The first-order valence-electron chi connectivity index (χ1n) is 9.86. The van der Waals surface area contributed by atoms with Crippen molar-refractivity contribution in [3.05, 3.63) is 107 Å². The first-order valence-corrected chi connectivity index (χ1v) is 9.86. The highest BCUT2D eigenvalue weighted by molar-refractivity contribution is 5.95. The molecule has 0 aliphatic heterocycles. The van der Waals surface area contributed by atoms with Gasteiger partial charge in [0, 0.05) is 0 Å². The van der Waals surface area contributed by atoms with E-state index in [0.717, 1.165) is 11.5 Å². The normalized spacial score (nSPS) is 14.1. The molecule has 2 heteroatoms. The largest absolute Gasteiger partial charge is 0.493 e. The lowest BCUT2D eigenvalue weighted by Crippen LogP contribution is -2.25. The van der Waals surface area contributed by atoms with Crippen LogP contribution in [-0.2, 0) is 5.41 Å². The van der Waals surface area contributed by atoms with Crippen LogP contribution in [0.2, 0.25) is 0 Å². The minimum absolute atomic E-state index is 0.335. The molecule has 4 aromatic carbocycles. The molecule has 0 saturated heterocycles. The van der Waals surface area contributed by atoms with Crippen molar-refractivity contribution in [2.24, 2.45) is 0 Å².